The topological polar surface area (TPSA) is 59.0 Å². The van der Waals surface area contributed by atoms with E-state index in [4.69, 9.17) is 14.6 Å². The van der Waals surface area contributed by atoms with E-state index < -0.39 is 5.97 Å². The molecule has 0 radical (unpaired) electrons. The number of hydrogen-bond donors (Lipinski definition) is 1. The third-order valence-corrected chi connectivity index (χ3v) is 3.77. The Morgan fingerprint density at radius 3 is 2.95 bits per heavy atom. The molecule has 21 heavy (non-hydrogen) atoms. The van der Waals surface area contributed by atoms with Crippen LogP contribution in [0, 0.1) is 5.92 Å². The largest absolute Gasteiger partial charge is 0.496 e. The number of rotatable bonds is 6. The standard InChI is InChI=1S/C16H23NO4/c1-17(10-13-4-3-7-21-11-13)9-12-5-6-14(16(18)19)15(8-12)20-2/h5-6,8,13H,3-4,7,9-11H2,1-2H3,(H,18,19). The lowest BCUT2D eigenvalue weighted by Crippen LogP contribution is -2.30. The van der Waals surface area contributed by atoms with E-state index in [0.29, 0.717) is 11.7 Å². The quantitative estimate of drug-likeness (QED) is 0.871. The van der Waals surface area contributed by atoms with Gasteiger partial charge in [0.25, 0.3) is 0 Å². The van der Waals surface area contributed by atoms with Crippen LogP contribution in [0.25, 0.3) is 0 Å². The highest BCUT2D eigenvalue weighted by Crippen LogP contribution is 2.22. The van der Waals surface area contributed by atoms with Gasteiger partial charge in [0.2, 0.25) is 0 Å². The molecule has 1 heterocycles. The van der Waals surface area contributed by atoms with Gasteiger partial charge in [-0.15, -0.1) is 0 Å². The molecule has 5 heteroatoms. The number of ether oxygens (including phenoxy) is 2. The van der Waals surface area contributed by atoms with Gasteiger partial charge in [-0.05, 0) is 43.5 Å². The Kier molecular flexibility index (Phi) is 5.59. The first-order chi connectivity index (χ1) is 10.1. The molecule has 1 fully saturated rings. The number of benzene rings is 1. The summed E-state index contributed by atoms with van der Waals surface area (Å²) in [5.41, 5.74) is 1.25. The number of hydrogen-bond acceptors (Lipinski definition) is 4. The van der Waals surface area contributed by atoms with Crippen molar-refractivity contribution in [3.63, 3.8) is 0 Å². The number of carboxylic acids is 1. The van der Waals surface area contributed by atoms with E-state index in [1.807, 2.05) is 6.07 Å². The van der Waals surface area contributed by atoms with Crippen LogP contribution in [0.5, 0.6) is 5.75 Å². The van der Waals surface area contributed by atoms with E-state index in [9.17, 15) is 4.79 Å². The fourth-order valence-electron chi connectivity index (χ4n) is 2.78. The number of nitrogens with zero attached hydrogens (tertiary/aromatic N) is 1. The lowest BCUT2D eigenvalue weighted by molar-refractivity contribution is 0.0411. The van der Waals surface area contributed by atoms with Crippen molar-refractivity contribution in [1.82, 2.24) is 4.90 Å². The molecule has 1 saturated heterocycles. The van der Waals surface area contributed by atoms with Gasteiger partial charge in [-0.3, -0.25) is 0 Å². The van der Waals surface area contributed by atoms with E-state index in [1.54, 1.807) is 12.1 Å². The van der Waals surface area contributed by atoms with Gasteiger partial charge < -0.3 is 19.5 Å². The number of carbonyl (C=O) groups is 1. The second-order valence-corrected chi connectivity index (χ2v) is 5.62. The van der Waals surface area contributed by atoms with Crippen LogP contribution in [0.1, 0.15) is 28.8 Å². The molecule has 116 valence electrons. The van der Waals surface area contributed by atoms with Crippen molar-refractivity contribution in [3.05, 3.63) is 29.3 Å². The maximum Gasteiger partial charge on any atom is 0.339 e. The zero-order valence-electron chi connectivity index (χ0n) is 12.7. The Bertz CT molecular complexity index is 483. The smallest absolute Gasteiger partial charge is 0.339 e. The van der Waals surface area contributed by atoms with Crippen LogP contribution in [0.4, 0.5) is 0 Å². The van der Waals surface area contributed by atoms with Crippen molar-refractivity contribution >= 4 is 5.97 Å². The summed E-state index contributed by atoms with van der Waals surface area (Å²) in [6, 6.07) is 5.26. The van der Waals surface area contributed by atoms with E-state index >= 15 is 0 Å². The fourth-order valence-corrected chi connectivity index (χ4v) is 2.78. The predicted octanol–water partition coefficient (Wildman–Crippen LogP) is 2.25. The van der Waals surface area contributed by atoms with E-state index in [2.05, 4.69) is 11.9 Å². The third-order valence-electron chi connectivity index (χ3n) is 3.77. The average Bonchev–Trinajstić information content (AvgIpc) is 2.47. The first-order valence-corrected chi connectivity index (χ1v) is 7.26. The lowest BCUT2D eigenvalue weighted by Gasteiger charge is -2.27. The Morgan fingerprint density at radius 1 is 1.52 bits per heavy atom. The molecule has 0 amide bonds. The van der Waals surface area contributed by atoms with E-state index in [1.165, 1.54) is 13.5 Å². The summed E-state index contributed by atoms with van der Waals surface area (Å²) in [7, 11) is 3.57. The third kappa shape index (κ3) is 4.44. The number of aromatic carboxylic acids is 1. The first kappa shape index (κ1) is 15.8. The molecule has 0 bridgehead atoms. The summed E-state index contributed by atoms with van der Waals surface area (Å²) in [5, 5.41) is 9.08. The Morgan fingerprint density at radius 2 is 2.33 bits per heavy atom. The van der Waals surface area contributed by atoms with Crippen LogP contribution in [0.3, 0.4) is 0 Å². The molecule has 0 saturated carbocycles. The minimum Gasteiger partial charge on any atom is -0.496 e. The Balaban J connectivity index is 1.96. The molecule has 2 rings (SSSR count). The van der Waals surface area contributed by atoms with Gasteiger partial charge in [-0.2, -0.15) is 0 Å². The van der Waals surface area contributed by atoms with Crippen molar-refractivity contribution in [3.8, 4) is 5.75 Å². The van der Waals surface area contributed by atoms with Crippen LogP contribution in [-0.4, -0.2) is 49.9 Å². The SMILES string of the molecule is COc1cc(CN(C)CC2CCCOC2)ccc1C(=O)O. The molecule has 1 N–H and O–H groups in total. The zero-order valence-corrected chi connectivity index (χ0v) is 12.7. The molecule has 1 aromatic carbocycles. The van der Waals surface area contributed by atoms with Gasteiger partial charge in [-0.1, -0.05) is 6.07 Å². The molecule has 5 nitrogen and oxygen atoms in total. The maximum absolute atomic E-state index is 11.1. The maximum atomic E-state index is 11.1. The van der Waals surface area contributed by atoms with Gasteiger partial charge in [0.15, 0.2) is 0 Å². The van der Waals surface area contributed by atoms with Crippen LogP contribution in [0.2, 0.25) is 0 Å². The molecule has 0 spiro atoms. The van der Waals surface area contributed by atoms with Crippen LogP contribution in [-0.2, 0) is 11.3 Å². The first-order valence-electron chi connectivity index (χ1n) is 7.26. The van der Waals surface area contributed by atoms with Crippen molar-refractivity contribution in [2.45, 2.75) is 19.4 Å². The average molecular weight is 293 g/mol. The molecular formula is C16H23NO4. The Hall–Kier alpha value is -1.59. The second-order valence-electron chi connectivity index (χ2n) is 5.62. The van der Waals surface area contributed by atoms with Gasteiger partial charge >= 0.3 is 5.97 Å². The van der Waals surface area contributed by atoms with Gasteiger partial charge in [0.05, 0.1) is 13.7 Å². The zero-order chi connectivity index (χ0) is 15.2. The van der Waals surface area contributed by atoms with Gasteiger partial charge in [0.1, 0.15) is 11.3 Å². The molecule has 1 atom stereocenters. The van der Waals surface area contributed by atoms with Crippen LogP contribution < -0.4 is 4.74 Å². The molecule has 1 aliphatic heterocycles. The predicted molar refractivity (Wildman–Crippen MR) is 79.8 cm³/mol. The summed E-state index contributed by atoms with van der Waals surface area (Å²) in [5.74, 6) is 0.0319. The lowest BCUT2D eigenvalue weighted by atomic mass is 10.0. The highest BCUT2D eigenvalue weighted by Gasteiger charge is 2.17. The van der Waals surface area contributed by atoms with E-state index in [0.717, 1.165) is 38.3 Å². The minimum atomic E-state index is -0.967. The summed E-state index contributed by atoms with van der Waals surface area (Å²) < 4.78 is 10.7. The van der Waals surface area contributed by atoms with Gasteiger partial charge in [-0.25, -0.2) is 4.79 Å². The van der Waals surface area contributed by atoms with Crippen molar-refractivity contribution in [2.24, 2.45) is 5.92 Å². The summed E-state index contributed by atoms with van der Waals surface area (Å²) >= 11 is 0. The van der Waals surface area contributed by atoms with Crippen molar-refractivity contribution in [2.75, 3.05) is 33.9 Å². The summed E-state index contributed by atoms with van der Waals surface area (Å²) in [4.78, 5) is 13.3. The summed E-state index contributed by atoms with van der Waals surface area (Å²) in [6.07, 6.45) is 2.35. The van der Waals surface area contributed by atoms with Crippen molar-refractivity contribution in [1.29, 1.82) is 0 Å². The van der Waals surface area contributed by atoms with Crippen LogP contribution in [0.15, 0.2) is 18.2 Å². The van der Waals surface area contributed by atoms with Gasteiger partial charge in [0, 0.05) is 19.7 Å². The highest BCUT2D eigenvalue weighted by atomic mass is 16.5. The fraction of sp³-hybridized carbons (Fsp3) is 0.562. The number of methoxy groups -OCH3 is 1. The van der Waals surface area contributed by atoms with E-state index in [-0.39, 0.29) is 5.56 Å². The minimum absolute atomic E-state index is 0.199. The van der Waals surface area contributed by atoms with Crippen LogP contribution >= 0.6 is 0 Å². The Labute approximate surface area is 125 Å². The molecular weight excluding hydrogens is 270 g/mol. The molecule has 1 aromatic rings. The normalized spacial score (nSPS) is 18.7. The molecule has 0 aliphatic carbocycles. The molecule has 0 aromatic heterocycles. The second kappa shape index (κ2) is 7.43. The van der Waals surface area contributed by atoms with Crippen molar-refractivity contribution < 1.29 is 19.4 Å². The molecule has 1 aliphatic rings. The highest BCUT2D eigenvalue weighted by molar-refractivity contribution is 5.90. The summed E-state index contributed by atoms with van der Waals surface area (Å²) in [6.45, 7) is 3.48. The molecule has 1 unspecified atom stereocenters. The monoisotopic (exact) mass is 293 g/mol. The number of carboxylic acid groups (broad SMARTS) is 1.